The highest BCUT2D eigenvalue weighted by atomic mass is 19.1. The van der Waals surface area contributed by atoms with E-state index in [0.717, 1.165) is 32.2 Å². The van der Waals surface area contributed by atoms with Crippen LogP contribution in [0.2, 0.25) is 0 Å². The Bertz CT molecular complexity index is 1010. The van der Waals surface area contributed by atoms with E-state index >= 15 is 8.78 Å². The summed E-state index contributed by atoms with van der Waals surface area (Å²) in [7, 11) is 0. The normalized spacial score (nSPS) is 42.9. The monoisotopic (exact) mass is 607 g/mol. The minimum Gasteiger partial charge on any atom is -0.376 e. The second kappa shape index (κ2) is 13.2. The van der Waals surface area contributed by atoms with Crippen molar-refractivity contribution in [2.75, 3.05) is 45.9 Å². The number of nitrogens with one attached hydrogen (secondary N) is 4. The van der Waals surface area contributed by atoms with Gasteiger partial charge in [-0.05, 0) is 63.6 Å². The maximum absolute atomic E-state index is 16.5. The van der Waals surface area contributed by atoms with Gasteiger partial charge in [0.05, 0.1) is 24.5 Å². The Morgan fingerprint density at radius 1 is 1.02 bits per heavy atom. The van der Waals surface area contributed by atoms with E-state index in [-0.39, 0.29) is 54.4 Å². The molecule has 6 rings (SSSR count). The molecular weight excluding hydrogens is 556 g/mol. The molecule has 0 spiro atoms. The lowest BCUT2D eigenvalue weighted by atomic mass is 9.72. The van der Waals surface area contributed by atoms with Crippen LogP contribution in [0.25, 0.3) is 0 Å². The van der Waals surface area contributed by atoms with Crippen LogP contribution in [-0.4, -0.2) is 127 Å². The van der Waals surface area contributed by atoms with Gasteiger partial charge in [-0.25, -0.2) is 13.6 Å². The first kappa shape index (κ1) is 31.1. The van der Waals surface area contributed by atoms with E-state index in [1.165, 1.54) is 6.08 Å². The summed E-state index contributed by atoms with van der Waals surface area (Å²) in [5.74, 6) is -0.642. The van der Waals surface area contributed by atoms with Crippen LogP contribution in [-0.2, 0) is 9.53 Å². The van der Waals surface area contributed by atoms with Crippen molar-refractivity contribution in [3.63, 3.8) is 0 Å². The van der Waals surface area contributed by atoms with Crippen LogP contribution in [0.15, 0.2) is 12.7 Å². The zero-order chi connectivity index (χ0) is 30.2. The van der Waals surface area contributed by atoms with Gasteiger partial charge in [0.15, 0.2) is 0 Å². The number of carbonyl (C=O) groups is 2. The van der Waals surface area contributed by atoms with Crippen molar-refractivity contribution < 1.29 is 23.1 Å². The molecule has 5 aliphatic heterocycles. The van der Waals surface area contributed by atoms with Gasteiger partial charge in [-0.3, -0.25) is 15.0 Å². The highest BCUT2D eigenvalue weighted by Crippen LogP contribution is 2.41. The average Bonchev–Trinajstić information content (AvgIpc) is 3.01. The van der Waals surface area contributed by atoms with Gasteiger partial charge in [-0.1, -0.05) is 20.4 Å². The van der Waals surface area contributed by atoms with Crippen LogP contribution in [0.5, 0.6) is 0 Å². The van der Waals surface area contributed by atoms with Crippen molar-refractivity contribution in [2.24, 2.45) is 17.8 Å². The molecule has 10 nitrogen and oxygen atoms in total. The first-order valence-corrected chi connectivity index (χ1v) is 16.6. The lowest BCUT2D eigenvalue weighted by molar-refractivity contribution is -0.130. The molecule has 5 heterocycles. The number of piperazine rings is 1. The van der Waals surface area contributed by atoms with E-state index in [9.17, 15) is 9.59 Å². The van der Waals surface area contributed by atoms with E-state index in [1.807, 2.05) is 4.90 Å². The second-order valence-corrected chi connectivity index (χ2v) is 13.8. The Kier molecular flexibility index (Phi) is 9.59. The predicted molar refractivity (Wildman–Crippen MR) is 160 cm³/mol. The summed E-state index contributed by atoms with van der Waals surface area (Å²) in [6.07, 6.45) is 1.75. The minimum absolute atomic E-state index is 0.00174. The van der Waals surface area contributed by atoms with E-state index < -0.39 is 36.6 Å². The number of hydrogen-bond donors (Lipinski definition) is 4. The number of halogens is 2. The molecule has 5 saturated heterocycles. The van der Waals surface area contributed by atoms with Crippen molar-refractivity contribution in [3.8, 4) is 0 Å². The number of urea groups is 1. The maximum Gasteiger partial charge on any atom is 0.320 e. The topological polar surface area (TPSA) is 101 Å². The van der Waals surface area contributed by atoms with Crippen molar-refractivity contribution in [3.05, 3.63) is 12.7 Å². The number of amides is 3. The third-order valence-electron chi connectivity index (χ3n) is 11.0. The molecule has 43 heavy (non-hydrogen) atoms. The lowest BCUT2D eigenvalue weighted by Crippen LogP contribution is -2.80. The first-order chi connectivity index (χ1) is 20.8. The van der Waals surface area contributed by atoms with Crippen LogP contribution in [0.3, 0.4) is 0 Å². The molecular formula is C31H51F2N7O3. The molecule has 4 N–H and O–H groups in total. The fourth-order valence-corrected chi connectivity index (χ4v) is 8.92. The number of piperidine rings is 2. The Morgan fingerprint density at radius 3 is 2.56 bits per heavy atom. The zero-order valence-corrected chi connectivity index (χ0v) is 25.7. The largest absolute Gasteiger partial charge is 0.376 e. The standard InChI is InChI=1S/C31H51F2N7O3/c1-4-24(41)38-12-14-39(15-13-38)29-19-17-21(33)27-25-20(32)7-5-8-22(25)34-10-6-16-43-23-9-11-35-26(18(2)3)28(23)40(30(19)36-27)31(42)37-29/h4,18-23,25-30,34-36H,1,5-17H2,2-3H3,(H,37,42). The summed E-state index contributed by atoms with van der Waals surface area (Å²) in [6, 6.07) is -1.28. The van der Waals surface area contributed by atoms with E-state index in [1.54, 1.807) is 4.90 Å². The number of nitrogens with zero attached hydrogens (tertiary/aromatic N) is 3. The third-order valence-corrected chi connectivity index (χ3v) is 11.0. The van der Waals surface area contributed by atoms with Crippen molar-refractivity contribution in [2.45, 2.75) is 107 Å². The molecule has 6 aliphatic rings. The fraction of sp³-hybridized carbons (Fsp3) is 0.871. The summed E-state index contributed by atoms with van der Waals surface area (Å²) in [6.45, 7) is 12.2. The highest BCUT2D eigenvalue weighted by molar-refractivity contribution is 5.87. The van der Waals surface area contributed by atoms with Gasteiger partial charge < -0.3 is 30.5 Å². The Hall–Kier alpha value is -1.86. The lowest BCUT2D eigenvalue weighted by Gasteiger charge is -2.59. The molecule has 11 atom stereocenters. The SMILES string of the molecule is C=CC(=O)N1CCN(C2NC(=O)N3C4NC(C(F)CC24)C2C(F)CCCC2NCCCOC2CCNC(C(C)C)C23)CC1. The van der Waals surface area contributed by atoms with E-state index in [0.29, 0.717) is 45.8 Å². The van der Waals surface area contributed by atoms with Crippen LogP contribution < -0.4 is 21.3 Å². The number of rotatable bonds is 3. The molecule has 6 fully saturated rings. The predicted octanol–water partition coefficient (Wildman–Crippen LogP) is 1.58. The molecule has 0 aromatic heterocycles. The molecule has 3 amide bonds. The van der Waals surface area contributed by atoms with Gasteiger partial charge in [0, 0.05) is 62.7 Å². The molecule has 242 valence electrons. The number of carbonyl (C=O) groups excluding carboxylic acids is 2. The van der Waals surface area contributed by atoms with Gasteiger partial charge in [0.1, 0.15) is 12.3 Å². The average molecular weight is 608 g/mol. The first-order valence-electron chi connectivity index (χ1n) is 16.6. The molecule has 11 unspecified atom stereocenters. The fourth-order valence-electron chi connectivity index (χ4n) is 8.92. The van der Waals surface area contributed by atoms with Crippen LogP contribution >= 0.6 is 0 Å². The number of hydrogen-bond acceptors (Lipinski definition) is 7. The van der Waals surface area contributed by atoms with Crippen molar-refractivity contribution in [1.82, 2.24) is 36.0 Å². The van der Waals surface area contributed by atoms with E-state index in [2.05, 4.69) is 46.6 Å². The van der Waals surface area contributed by atoms with Crippen molar-refractivity contribution >= 4 is 11.9 Å². The Morgan fingerprint density at radius 2 is 1.81 bits per heavy atom. The summed E-state index contributed by atoms with van der Waals surface area (Å²) in [5, 5.41) is 14.1. The quantitative estimate of drug-likeness (QED) is 0.362. The van der Waals surface area contributed by atoms with Gasteiger partial charge in [-0.15, -0.1) is 0 Å². The smallest absolute Gasteiger partial charge is 0.320 e. The molecule has 1 aliphatic carbocycles. The second-order valence-electron chi connectivity index (χ2n) is 13.8. The van der Waals surface area contributed by atoms with Gasteiger partial charge >= 0.3 is 6.03 Å². The molecule has 0 aromatic rings. The number of alkyl halides is 2. The van der Waals surface area contributed by atoms with Gasteiger partial charge in [0.2, 0.25) is 5.91 Å². The third kappa shape index (κ3) is 6.06. The molecule has 0 radical (unpaired) electrons. The highest BCUT2D eigenvalue weighted by Gasteiger charge is 2.57. The Balaban J connectivity index is 1.36. The molecule has 1 saturated carbocycles. The van der Waals surface area contributed by atoms with Crippen LogP contribution in [0, 0.1) is 17.8 Å². The number of fused-ring (bicyclic) bond motifs is 5. The Labute approximate surface area is 254 Å². The maximum atomic E-state index is 16.5. The molecule has 2 bridgehead atoms. The summed E-state index contributed by atoms with van der Waals surface area (Å²) < 4.78 is 38.8. The molecule has 0 aromatic carbocycles. The van der Waals surface area contributed by atoms with Crippen LogP contribution in [0.1, 0.15) is 52.4 Å². The van der Waals surface area contributed by atoms with Crippen LogP contribution in [0.4, 0.5) is 13.6 Å². The summed E-state index contributed by atoms with van der Waals surface area (Å²) in [5.41, 5.74) is 0. The number of ether oxygens (including phenoxy) is 1. The van der Waals surface area contributed by atoms with E-state index in [4.69, 9.17) is 4.74 Å². The molecule has 12 heteroatoms. The minimum atomic E-state index is -1.25. The summed E-state index contributed by atoms with van der Waals surface area (Å²) >= 11 is 0. The zero-order valence-electron chi connectivity index (χ0n) is 25.7. The van der Waals surface area contributed by atoms with Crippen molar-refractivity contribution in [1.29, 1.82) is 0 Å². The summed E-state index contributed by atoms with van der Waals surface area (Å²) in [4.78, 5) is 32.4. The van der Waals surface area contributed by atoms with Gasteiger partial charge in [-0.2, -0.15) is 0 Å². The van der Waals surface area contributed by atoms with Gasteiger partial charge in [0.25, 0.3) is 0 Å².